The van der Waals surface area contributed by atoms with E-state index >= 15 is 0 Å². The monoisotopic (exact) mass is 785 g/mol. The maximum atomic E-state index is 5.39. The summed E-state index contributed by atoms with van der Waals surface area (Å²) in [6.07, 6.45) is 11.0. The van der Waals surface area contributed by atoms with Crippen molar-refractivity contribution in [3.05, 3.63) is 77.1 Å². The van der Waals surface area contributed by atoms with Crippen LogP contribution in [0.25, 0.3) is 31.6 Å². The topological polar surface area (TPSA) is 95.0 Å². The van der Waals surface area contributed by atoms with Crippen LogP contribution in [0.1, 0.15) is 81.1 Å². The summed E-state index contributed by atoms with van der Waals surface area (Å²) in [5.74, 6) is 1.32. The van der Waals surface area contributed by atoms with Gasteiger partial charge in [-0.1, -0.05) is 0 Å². The third kappa shape index (κ3) is 8.20. The molecule has 9 nitrogen and oxygen atoms in total. The lowest BCUT2D eigenvalue weighted by Gasteiger charge is -2.55. The van der Waals surface area contributed by atoms with Crippen LogP contribution in [-0.2, 0) is 0 Å². The van der Waals surface area contributed by atoms with Crippen LogP contribution in [0.15, 0.2) is 77.1 Å². The van der Waals surface area contributed by atoms with Gasteiger partial charge in [-0.15, -0.1) is 22.7 Å². The minimum absolute atomic E-state index is 0.0615. The highest BCUT2D eigenvalue weighted by atomic mass is 79.9. The summed E-state index contributed by atoms with van der Waals surface area (Å²) < 4.78 is 1.07. The van der Waals surface area contributed by atoms with Crippen LogP contribution in [0.2, 0.25) is 0 Å². The van der Waals surface area contributed by atoms with Crippen molar-refractivity contribution in [1.29, 1.82) is 0 Å². The third-order valence-corrected chi connectivity index (χ3v) is 12.4. The summed E-state index contributed by atoms with van der Waals surface area (Å²) in [7, 11) is 0. The molecule has 2 saturated heterocycles. The Morgan fingerprint density at radius 1 is 0.569 bits per heavy atom. The van der Waals surface area contributed by atoms with Gasteiger partial charge in [0.25, 0.3) is 0 Å². The van der Waals surface area contributed by atoms with Gasteiger partial charge in [-0.2, -0.15) is 0 Å². The largest absolute Gasteiger partial charge is 0.307 e. The van der Waals surface area contributed by atoms with Crippen LogP contribution in [0.5, 0.6) is 0 Å². The van der Waals surface area contributed by atoms with Crippen molar-refractivity contribution in [2.75, 3.05) is 10.0 Å². The van der Waals surface area contributed by atoms with Crippen LogP contribution >= 0.6 is 38.6 Å². The summed E-state index contributed by atoms with van der Waals surface area (Å²) in [6.45, 7) is 18.4. The highest BCUT2D eigenvalue weighted by molar-refractivity contribution is 9.11. The molecular weight excluding hydrogens is 739 g/mol. The minimum atomic E-state index is -0.125. The Morgan fingerprint density at radius 3 is 1.45 bits per heavy atom. The number of nitrogens with zero attached hydrogens (tertiary/aromatic N) is 7. The molecule has 268 valence electrons. The fraction of sp³-hybridized carbons (Fsp3) is 0.462. The molecule has 51 heavy (non-hydrogen) atoms. The van der Waals surface area contributed by atoms with E-state index in [1.165, 1.54) is 4.88 Å². The van der Waals surface area contributed by atoms with E-state index in [4.69, 9.17) is 19.9 Å². The van der Waals surface area contributed by atoms with Gasteiger partial charge in [0, 0.05) is 51.8 Å². The maximum Gasteiger partial charge on any atom is 0.245 e. The number of aromatic nitrogens is 5. The van der Waals surface area contributed by atoms with Gasteiger partial charge in [0.15, 0.2) is 0 Å². The second-order valence-corrected chi connectivity index (χ2v) is 20.1. The van der Waals surface area contributed by atoms with Crippen LogP contribution < -0.4 is 20.7 Å². The fourth-order valence-corrected chi connectivity index (χ4v) is 10.9. The quantitative estimate of drug-likeness (QED) is 0.149. The summed E-state index contributed by atoms with van der Waals surface area (Å²) >= 11 is 7.07. The van der Waals surface area contributed by atoms with Crippen molar-refractivity contribution in [3.63, 3.8) is 0 Å². The maximum absolute atomic E-state index is 5.39. The summed E-state index contributed by atoms with van der Waals surface area (Å²) in [5, 5.41) is 12.6. The molecule has 0 saturated carbocycles. The zero-order valence-corrected chi connectivity index (χ0v) is 34.0. The lowest BCUT2D eigenvalue weighted by molar-refractivity contribution is 0.136. The zero-order chi connectivity index (χ0) is 36.2. The predicted molar refractivity (Wildman–Crippen MR) is 215 cm³/mol. The smallest absolute Gasteiger partial charge is 0.245 e. The molecule has 7 heterocycles. The molecule has 0 aromatic carbocycles. The first-order chi connectivity index (χ1) is 24.1. The van der Waals surface area contributed by atoms with Crippen molar-refractivity contribution < 1.29 is 0 Å². The number of nitrogens with one attached hydrogen (secondary N) is 2. The number of piperidine rings is 2. The molecule has 0 aliphatic carbocycles. The van der Waals surface area contributed by atoms with Gasteiger partial charge in [0.05, 0.1) is 37.0 Å². The van der Waals surface area contributed by atoms with Crippen LogP contribution in [-0.4, -0.2) is 59.2 Å². The number of pyridine rings is 1. The molecule has 12 heteroatoms. The molecule has 0 unspecified atom stereocenters. The predicted octanol–water partition coefficient (Wildman–Crippen LogP) is 9.39. The van der Waals surface area contributed by atoms with E-state index in [1.807, 2.05) is 49.1 Å². The van der Waals surface area contributed by atoms with Gasteiger partial charge >= 0.3 is 0 Å². The van der Waals surface area contributed by atoms with E-state index in [0.717, 1.165) is 56.2 Å². The SMILES string of the molecule is CC1(C)CC(N(c2nccc(-c3ccc(Br)s3)n2)N(c2nccc(-c3ccc(-c4ccncc4)s3)n2)C2CC(C)(C)NC(C)(C)C2)CC(C)(C)N1. The highest BCUT2D eigenvalue weighted by Crippen LogP contribution is 2.41. The fourth-order valence-electron chi connectivity index (χ4n) is 8.54. The highest BCUT2D eigenvalue weighted by Gasteiger charge is 2.47. The molecule has 7 rings (SSSR count). The summed E-state index contributed by atoms with van der Waals surface area (Å²) in [6, 6.07) is 16.8. The van der Waals surface area contributed by atoms with E-state index < -0.39 is 0 Å². The zero-order valence-electron chi connectivity index (χ0n) is 30.7. The van der Waals surface area contributed by atoms with Crippen LogP contribution in [0, 0.1) is 0 Å². The van der Waals surface area contributed by atoms with Gasteiger partial charge in [-0.3, -0.25) is 4.98 Å². The molecular formula is C39H48BrN9S2. The molecule has 5 aromatic heterocycles. The second-order valence-electron chi connectivity index (χ2n) is 16.6. The number of hydrazine groups is 1. The van der Waals surface area contributed by atoms with E-state index in [9.17, 15) is 0 Å². The number of hydrogen-bond acceptors (Lipinski definition) is 11. The van der Waals surface area contributed by atoms with Crippen molar-refractivity contribution >= 4 is 50.5 Å². The number of thiophene rings is 2. The van der Waals surface area contributed by atoms with Crippen molar-refractivity contribution in [2.45, 2.75) is 115 Å². The van der Waals surface area contributed by atoms with Gasteiger partial charge in [0.2, 0.25) is 11.9 Å². The molecule has 2 N–H and O–H groups in total. The van der Waals surface area contributed by atoms with E-state index in [2.05, 4.69) is 121 Å². The molecule has 2 fully saturated rings. The molecule has 2 aliphatic rings. The molecule has 0 bridgehead atoms. The number of rotatable bonds is 8. The third-order valence-electron chi connectivity index (χ3n) is 9.61. The molecule has 0 radical (unpaired) electrons. The lowest BCUT2D eigenvalue weighted by Crippen LogP contribution is -2.69. The lowest BCUT2D eigenvalue weighted by atomic mass is 9.78. The first-order valence-corrected chi connectivity index (χ1v) is 20.1. The van der Waals surface area contributed by atoms with Crippen molar-refractivity contribution in [1.82, 2.24) is 35.6 Å². The normalized spacial score (nSPS) is 19.9. The van der Waals surface area contributed by atoms with E-state index in [1.54, 1.807) is 22.7 Å². The summed E-state index contributed by atoms with van der Waals surface area (Å²) in [4.78, 5) is 28.4. The molecule has 2 aliphatic heterocycles. The van der Waals surface area contributed by atoms with Gasteiger partial charge in [-0.25, -0.2) is 30.0 Å². The average molecular weight is 787 g/mol. The van der Waals surface area contributed by atoms with Gasteiger partial charge < -0.3 is 10.6 Å². The Labute approximate surface area is 318 Å². The van der Waals surface area contributed by atoms with Crippen molar-refractivity contribution in [2.24, 2.45) is 0 Å². The van der Waals surface area contributed by atoms with Gasteiger partial charge in [-0.05, 0) is 151 Å². The summed E-state index contributed by atoms with van der Waals surface area (Å²) in [5.41, 5.74) is 2.44. The van der Waals surface area contributed by atoms with Gasteiger partial charge in [0.1, 0.15) is 0 Å². The minimum Gasteiger partial charge on any atom is -0.307 e. The molecule has 0 atom stereocenters. The number of hydrogen-bond donors (Lipinski definition) is 2. The Kier molecular flexibility index (Phi) is 9.62. The van der Waals surface area contributed by atoms with Crippen molar-refractivity contribution in [3.8, 4) is 31.6 Å². The Hall–Kier alpha value is -3.29. The Bertz CT molecular complexity index is 1950. The second kappa shape index (κ2) is 13.6. The van der Waals surface area contributed by atoms with E-state index in [-0.39, 0.29) is 34.2 Å². The Balaban J connectivity index is 1.40. The number of halogens is 1. The average Bonchev–Trinajstić information content (AvgIpc) is 3.71. The molecule has 0 amide bonds. The molecule has 0 spiro atoms. The molecule has 5 aromatic rings. The first-order valence-electron chi connectivity index (χ1n) is 17.7. The van der Waals surface area contributed by atoms with Crippen LogP contribution in [0.3, 0.4) is 0 Å². The number of anilines is 2. The van der Waals surface area contributed by atoms with Crippen LogP contribution in [0.4, 0.5) is 11.9 Å². The first kappa shape index (κ1) is 36.1. The Morgan fingerprint density at radius 2 is 1.00 bits per heavy atom. The standard InChI is InChI=1S/C39H48BrN9S2/c1-36(2)21-26(22-37(3,4)46-36)48(34-42-19-15-28(44-34)31-10-9-30(50-31)25-13-17-41-18-14-25)49(27-23-38(5,6)47-39(7,8)24-27)35-43-20-16-29(45-35)32-11-12-33(40)51-32/h9-20,26-27,46-47H,21-24H2,1-8H3. The van der Waals surface area contributed by atoms with E-state index in [0.29, 0.717) is 11.9 Å².